The first kappa shape index (κ1) is 18.2. The van der Waals surface area contributed by atoms with Gasteiger partial charge in [0.1, 0.15) is 5.75 Å². The summed E-state index contributed by atoms with van der Waals surface area (Å²) in [6.07, 6.45) is 0.965. The van der Waals surface area contributed by atoms with E-state index in [1.165, 1.54) is 21.9 Å². The molecule has 1 N–H and O–H groups in total. The number of nitrogens with zero attached hydrogens (tertiary/aromatic N) is 1. The Labute approximate surface area is 160 Å². The summed E-state index contributed by atoms with van der Waals surface area (Å²) in [4.78, 5) is 2.07. The van der Waals surface area contributed by atoms with Crippen molar-refractivity contribution in [2.45, 2.75) is 13.0 Å². The molecule has 0 spiro atoms. The van der Waals surface area contributed by atoms with Crippen LogP contribution in [0.4, 0.5) is 0 Å². The third-order valence-electron chi connectivity index (χ3n) is 4.41. The minimum absolute atomic E-state index is 0.774. The highest BCUT2D eigenvalue weighted by Gasteiger charge is 2.06. The number of rotatable bonds is 6. The normalized spacial score (nSPS) is 10.5. The van der Waals surface area contributed by atoms with Crippen molar-refractivity contribution in [2.24, 2.45) is 0 Å². The Morgan fingerprint density at radius 2 is 1.69 bits per heavy atom. The summed E-state index contributed by atoms with van der Waals surface area (Å²) in [5.41, 5.74) is 2.55. The van der Waals surface area contributed by atoms with Crippen LogP contribution in [0.15, 0.2) is 66.7 Å². The van der Waals surface area contributed by atoms with E-state index in [-0.39, 0.29) is 0 Å². The van der Waals surface area contributed by atoms with Gasteiger partial charge in [-0.2, -0.15) is 0 Å². The predicted molar refractivity (Wildman–Crippen MR) is 113 cm³/mol. The lowest BCUT2D eigenvalue weighted by atomic mass is 10.1. The quantitative estimate of drug-likeness (QED) is 0.655. The number of hydrogen-bond donors (Lipinski definition) is 1. The second-order valence-electron chi connectivity index (χ2n) is 6.37. The van der Waals surface area contributed by atoms with Crippen molar-refractivity contribution in [1.82, 2.24) is 10.2 Å². The van der Waals surface area contributed by atoms with Gasteiger partial charge in [-0.3, -0.25) is 0 Å². The SMILES string of the molecule is COc1ccc2cc(CN(C)C(=S)NCCc3ccccc3)ccc2c1. The van der Waals surface area contributed by atoms with Crippen LogP contribution in [0.25, 0.3) is 10.8 Å². The Bertz CT molecular complexity index is 880. The van der Waals surface area contributed by atoms with Gasteiger partial charge in [-0.1, -0.05) is 48.5 Å². The first-order chi connectivity index (χ1) is 12.7. The van der Waals surface area contributed by atoms with Crippen LogP contribution in [-0.2, 0) is 13.0 Å². The summed E-state index contributed by atoms with van der Waals surface area (Å²) in [5.74, 6) is 0.881. The molecule has 0 fully saturated rings. The molecule has 0 aliphatic rings. The molecule has 3 aromatic rings. The lowest BCUT2D eigenvalue weighted by Crippen LogP contribution is -2.37. The molecule has 26 heavy (non-hydrogen) atoms. The van der Waals surface area contributed by atoms with Crippen molar-refractivity contribution < 1.29 is 4.74 Å². The number of nitrogens with one attached hydrogen (secondary N) is 1. The number of thiocarbonyl (C=S) groups is 1. The fourth-order valence-corrected chi connectivity index (χ4v) is 3.10. The summed E-state index contributed by atoms with van der Waals surface area (Å²) in [5, 5.41) is 6.51. The number of ether oxygens (including phenoxy) is 1. The predicted octanol–water partition coefficient (Wildman–Crippen LogP) is 4.40. The summed E-state index contributed by atoms with van der Waals surface area (Å²) in [6, 6.07) is 23.1. The van der Waals surface area contributed by atoms with Crippen molar-refractivity contribution in [2.75, 3.05) is 20.7 Å². The van der Waals surface area contributed by atoms with Crippen LogP contribution in [0, 0.1) is 0 Å². The van der Waals surface area contributed by atoms with Crippen molar-refractivity contribution in [3.05, 3.63) is 77.9 Å². The molecule has 0 aromatic heterocycles. The van der Waals surface area contributed by atoms with Crippen LogP contribution < -0.4 is 10.1 Å². The molecule has 4 heteroatoms. The highest BCUT2D eigenvalue weighted by molar-refractivity contribution is 7.80. The zero-order valence-electron chi connectivity index (χ0n) is 15.2. The van der Waals surface area contributed by atoms with Gasteiger partial charge in [-0.25, -0.2) is 0 Å². The van der Waals surface area contributed by atoms with E-state index in [2.05, 4.69) is 64.8 Å². The van der Waals surface area contributed by atoms with Gasteiger partial charge in [-0.05, 0) is 58.7 Å². The van der Waals surface area contributed by atoms with E-state index < -0.39 is 0 Å². The van der Waals surface area contributed by atoms with E-state index >= 15 is 0 Å². The highest BCUT2D eigenvalue weighted by atomic mass is 32.1. The van der Waals surface area contributed by atoms with Crippen molar-refractivity contribution in [1.29, 1.82) is 0 Å². The molecular formula is C22H24N2OS. The third-order valence-corrected chi connectivity index (χ3v) is 4.87. The molecular weight excluding hydrogens is 340 g/mol. The maximum atomic E-state index is 5.52. The van der Waals surface area contributed by atoms with E-state index in [1.807, 2.05) is 19.2 Å². The Balaban J connectivity index is 1.55. The van der Waals surface area contributed by atoms with Gasteiger partial charge >= 0.3 is 0 Å². The molecule has 0 atom stereocenters. The van der Waals surface area contributed by atoms with Gasteiger partial charge < -0.3 is 15.0 Å². The molecule has 0 saturated carbocycles. The highest BCUT2D eigenvalue weighted by Crippen LogP contribution is 2.22. The van der Waals surface area contributed by atoms with Crippen LogP contribution in [0.1, 0.15) is 11.1 Å². The van der Waals surface area contributed by atoms with Crippen LogP contribution in [-0.4, -0.2) is 30.7 Å². The number of methoxy groups -OCH3 is 1. The fourth-order valence-electron chi connectivity index (χ4n) is 2.94. The zero-order valence-corrected chi connectivity index (χ0v) is 16.1. The van der Waals surface area contributed by atoms with Gasteiger partial charge in [0.15, 0.2) is 5.11 Å². The standard InChI is InChI=1S/C22H24N2OS/c1-24(22(26)23-13-12-17-6-4-3-5-7-17)16-18-8-9-20-15-21(25-2)11-10-19(20)14-18/h3-11,14-15H,12-13,16H2,1-2H3,(H,23,26). The molecule has 0 bridgehead atoms. The van der Waals surface area contributed by atoms with Crippen LogP contribution in [0.5, 0.6) is 5.75 Å². The van der Waals surface area contributed by atoms with Crippen molar-refractivity contribution in [3.63, 3.8) is 0 Å². The second-order valence-corrected chi connectivity index (χ2v) is 6.76. The van der Waals surface area contributed by atoms with Gasteiger partial charge in [0, 0.05) is 20.1 Å². The van der Waals surface area contributed by atoms with Crippen molar-refractivity contribution >= 4 is 28.1 Å². The molecule has 0 aliphatic carbocycles. The van der Waals surface area contributed by atoms with Crippen LogP contribution in [0.3, 0.4) is 0 Å². The summed E-state index contributed by atoms with van der Waals surface area (Å²) >= 11 is 5.52. The lowest BCUT2D eigenvalue weighted by Gasteiger charge is -2.21. The number of fused-ring (bicyclic) bond motifs is 1. The van der Waals surface area contributed by atoms with E-state index in [0.717, 1.165) is 30.4 Å². The average Bonchev–Trinajstić information content (AvgIpc) is 2.68. The van der Waals surface area contributed by atoms with Gasteiger partial charge in [0.2, 0.25) is 0 Å². The topological polar surface area (TPSA) is 24.5 Å². The molecule has 0 aliphatic heterocycles. The second kappa shape index (κ2) is 8.68. The summed E-state index contributed by atoms with van der Waals surface area (Å²) in [7, 11) is 3.71. The monoisotopic (exact) mass is 364 g/mol. The summed E-state index contributed by atoms with van der Waals surface area (Å²) < 4.78 is 5.28. The van der Waals surface area contributed by atoms with Gasteiger partial charge in [0.25, 0.3) is 0 Å². The van der Waals surface area contributed by atoms with E-state index in [4.69, 9.17) is 17.0 Å². The molecule has 3 nitrogen and oxygen atoms in total. The fraction of sp³-hybridized carbons (Fsp3) is 0.227. The first-order valence-electron chi connectivity index (χ1n) is 8.75. The zero-order chi connectivity index (χ0) is 18.4. The van der Waals surface area contributed by atoms with E-state index in [0.29, 0.717) is 0 Å². The van der Waals surface area contributed by atoms with Gasteiger partial charge in [-0.15, -0.1) is 0 Å². The molecule has 3 rings (SSSR count). The minimum atomic E-state index is 0.774. The Hall–Kier alpha value is -2.59. The molecule has 0 heterocycles. The van der Waals surface area contributed by atoms with Crippen LogP contribution in [0.2, 0.25) is 0 Å². The maximum absolute atomic E-state index is 5.52. The van der Waals surface area contributed by atoms with Crippen molar-refractivity contribution in [3.8, 4) is 5.75 Å². The number of hydrogen-bond acceptors (Lipinski definition) is 2. The molecule has 3 aromatic carbocycles. The third kappa shape index (κ3) is 4.73. The minimum Gasteiger partial charge on any atom is -0.497 e. The average molecular weight is 365 g/mol. The maximum Gasteiger partial charge on any atom is 0.168 e. The Kier molecular flexibility index (Phi) is 6.08. The summed E-state index contributed by atoms with van der Waals surface area (Å²) in [6.45, 7) is 1.61. The molecule has 0 radical (unpaired) electrons. The smallest absolute Gasteiger partial charge is 0.168 e. The van der Waals surface area contributed by atoms with Crippen LogP contribution >= 0.6 is 12.2 Å². The van der Waals surface area contributed by atoms with Gasteiger partial charge in [0.05, 0.1) is 7.11 Å². The molecule has 0 saturated heterocycles. The van der Waals surface area contributed by atoms with E-state index in [9.17, 15) is 0 Å². The Morgan fingerprint density at radius 3 is 2.46 bits per heavy atom. The number of benzene rings is 3. The first-order valence-corrected chi connectivity index (χ1v) is 9.16. The largest absolute Gasteiger partial charge is 0.497 e. The molecule has 0 amide bonds. The van der Waals surface area contributed by atoms with E-state index in [1.54, 1.807) is 7.11 Å². The Morgan fingerprint density at radius 1 is 0.962 bits per heavy atom. The molecule has 0 unspecified atom stereocenters. The lowest BCUT2D eigenvalue weighted by molar-refractivity contribution is 0.415. The molecule has 134 valence electrons.